The van der Waals surface area contributed by atoms with Crippen LogP contribution in [0.15, 0.2) is 16.5 Å². The van der Waals surface area contributed by atoms with Crippen LogP contribution < -0.4 is 5.73 Å². The number of nitrogens with zero attached hydrogens (tertiary/aromatic N) is 6. The SMILES string of the molecule is Nc1c(Cl)ncnc1Sc1nnnn1C1CC1. The van der Waals surface area contributed by atoms with Gasteiger partial charge < -0.3 is 5.73 Å². The Bertz CT molecular complexity index is 553. The number of rotatable bonds is 3. The molecule has 0 amide bonds. The van der Waals surface area contributed by atoms with Gasteiger partial charge in [-0.2, -0.15) is 0 Å². The second-order valence-corrected chi connectivity index (χ2v) is 4.94. The van der Waals surface area contributed by atoms with Crippen molar-refractivity contribution in [3.8, 4) is 0 Å². The van der Waals surface area contributed by atoms with Crippen LogP contribution in [0.25, 0.3) is 0 Å². The van der Waals surface area contributed by atoms with Gasteiger partial charge in [0.25, 0.3) is 0 Å². The van der Waals surface area contributed by atoms with Gasteiger partial charge in [-0.1, -0.05) is 11.6 Å². The highest BCUT2D eigenvalue weighted by Crippen LogP contribution is 2.38. The largest absolute Gasteiger partial charge is 0.394 e. The Morgan fingerprint density at radius 3 is 3.00 bits per heavy atom. The van der Waals surface area contributed by atoms with Gasteiger partial charge in [-0.05, 0) is 35.0 Å². The molecule has 0 aliphatic heterocycles. The van der Waals surface area contributed by atoms with E-state index in [9.17, 15) is 0 Å². The molecule has 2 N–H and O–H groups in total. The summed E-state index contributed by atoms with van der Waals surface area (Å²) >= 11 is 7.12. The molecule has 2 aromatic heterocycles. The molecule has 17 heavy (non-hydrogen) atoms. The summed E-state index contributed by atoms with van der Waals surface area (Å²) in [7, 11) is 0. The third-order valence-electron chi connectivity index (χ3n) is 2.34. The third-order valence-corrected chi connectivity index (χ3v) is 3.61. The van der Waals surface area contributed by atoms with E-state index in [0.29, 0.717) is 21.9 Å². The standard InChI is InChI=1S/C8H8ClN7S/c9-6-5(10)7(12-3-11-6)17-8-13-14-15-16(8)4-1-2-4/h3-4H,1-2,10H2. The number of halogens is 1. The van der Waals surface area contributed by atoms with Crippen LogP contribution in [0.5, 0.6) is 0 Å². The number of tetrazole rings is 1. The van der Waals surface area contributed by atoms with E-state index < -0.39 is 0 Å². The Balaban J connectivity index is 1.91. The summed E-state index contributed by atoms with van der Waals surface area (Å²) in [6, 6.07) is 0.408. The first-order valence-electron chi connectivity index (χ1n) is 4.97. The highest BCUT2D eigenvalue weighted by atomic mass is 35.5. The lowest BCUT2D eigenvalue weighted by atomic mass is 10.6. The number of aromatic nitrogens is 6. The summed E-state index contributed by atoms with van der Waals surface area (Å²) in [5.41, 5.74) is 6.14. The topological polar surface area (TPSA) is 95.4 Å². The van der Waals surface area contributed by atoms with Crippen molar-refractivity contribution in [2.24, 2.45) is 0 Å². The molecule has 1 aliphatic rings. The summed E-state index contributed by atoms with van der Waals surface area (Å²) in [5.74, 6) is 0. The quantitative estimate of drug-likeness (QED) is 0.836. The molecule has 1 aliphatic carbocycles. The fraction of sp³-hybridized carbons (Fsp3) is 0.375. The van der Waals surface area contributed by atoms with Crippen LogP contribution >= 0.6 is 23.4 Å². The molecule has 0 spiro atoms. The highest BCUT2D eigenvalue weighted by molar-refractivity contribution is 7.99. The van der Waals surface area contributed by atoms with Gasteiger partial charge in [0.2, 0.25) is 5.16 Å². The van der Waals surface area contributed by atoms with Crippen molar-refractivity contribution in [1.29, 1.82) is 0 Å². The number of hydrogen-bond acceptors (Lipinski definition) is 7. The average molecular weight is 270 g/mol. The van der Waals surface area contributed by atoms with Gasteiger partial charge in [0.05, 0.1) is 6.04 Å². The molecule has 7 nitrogen and oxygen atoms in total. The van der Waals surface area contributed by atoms with Gasteiger partial charge in [-0.3, -0.25) is 0 Å². The van der Waals surface area contributed by atoms with E-state index in [1.807, 2.05) is 0 Å². The second kappa shape index (κ2) is 4.11. The van der Waals surface area contributed by atoms with Crippen molar-refractivity contribution in [3.05, 3.63) is 11.5 Å². The highest BCUT2D eigenvalue weighted by Gasteiger charge is 2.28. The van der Waals surface area contributed by atoms with Gasteiger partial charge in [-0.15, -0.1) is 5.10 Å². The lowest BCUT2D eigenvalue weighted by molar-refractivity contribution is 0.565. The molecule has 0 bridgehead atoms. The van der Waals surface area contributed by atoms with Gasteiger partial charge in [0, 0.05) is 0 Å². The van der Waals surface area contributed by atoms with E-state index in [-0.39, 0.29) is 5.15 Å². The van der Waals surface area contributed by atoms with Crippen LogP contribution in [0.4, 0.5) is 5.69 Å². The maximum Gasteiger partial charge on any atom is 0.215 e. The Hall–Kier alpha value is -1.41. The molecule has 1 saturated carbocycles. The predicted molar refractivity (Wildman–Crippen MR) is 61.7 cm³/mol. The monoisotopic (exact) mass is 269 g/mol. The third kappa shape index (κ3) is 2.05. The molecule has 9 heteroatoms. The number of hydrogen-bond donors (Lipinski definition) is 1. The van der Waals surface area contributed by atoms with Crippen LogP contribution in [0.3, 0.4) is 0 Å². The molecular formula is C8H8ClN7S. The average Bonchev–Trinajstić information content (AvgIpc) is 3.06. The smallest absolute Gasteiger partial charge is 0.215 e. The van der Waals surface area contributed by atoms with Gasteiger partial charge >= 0.3 is 0 Å². The Kier molecular flexibility index (Phi) is 2.60. The molecule has 2 aromatic rings. The van der Waals surface area contributed by atoms with Crippen molar-refractivity contribution in [2.45, 2.75) is 29.1 Å². The van der Waals surface area contributed by atoms with Crippen LogP contribution in [0, 0.1) is 0 Å². The van der Waals surface area contributed by atoms with Crippen molar-refractivity contribution < 1.29 is 0 Å². The van der Waals surface area contributed by atoms with Gasteiger partial charge in [0.15, 0.2) is 5.15 Å². The molecule has 0 unspecified atom stereocenters. The molecule has 2 heterocycles. The zero-order valence-corrected chi connectivity index (χ0v) is 10.2. The summed E-state index contributed by atoms with van der Waals surface area (Å²) in [5, 5.41) is 13.0. The lowest BCUT2D eigenvalue weighted by Gasteiger charge is -2.04. The first kappa shape index (κ1) is 10.7. The van der Waals surface area contributed by atoms with Crippen molar-refractivity contribution in [1.82, 2.24) is 30.2 Å². The minimum absolute atomic E-state index is 0.243. The molecule has 88 valence electrons. The van der Waals surface area contributed by atoms with Gasteiger partial charge in [0.1, 0.15) is 17.0 Å². The summed E-state index contributed by atoms with van der Waals surface area (Å²) in [6.45, 7) is 0. The molecule has 3 rings (SSSR count). The first-order chi connectivity index (χ1) is 8.25. The summed E-state index contributed by atoms with van der Waals surface area (Å²) < 4.78 is 1.79. The lowest BCUT2D eigenvalue weighted by Crippen LogP contribution is -2.00. The Morgan fingerprint density at radius 1 is 1.41 bits per heavy atom. The molecule has 0 aromatic carbocycles. The fourth-order valence-corrected chi connectivity index (χ4v) is 2.35. The predicted octanol–water partition coefficient (Wildman–Crippen LogP) is 1.18. The van der Waals surface area contributed by atoms with Crippen LogP contribution in [0.2, 0.25) is 5.15 Å². The number of nitrogen functional groups attached to an aromatic ring is 1. The van der Waals surface area contributed by atoms with E-state index in [1.54, 1.807) is 4.68 Å². The van der Waals surface area contributed by atoms with Crippen LogP contribution in [0.1, 0.15) is 18.9 Å². The fourth-order valence-electron chi connectivity index (χ4n) is 1.33. The van der Waals surface area contributed by atoms with E-state index >= 15 is 0 Å². The van der Waals surface area contributed by atoms with E-state index in [2.05, 4.69) is 25.5 Å². The zero-order valence-electron chi connectivity index (χ0n) is 8.62. The molecule has 0 saturated heterocycles. The molecule has 0 atom stereocenters. The van der Waals surface area contributed by atoms with Crippen molar-refractivity contribution >= 4 is 29.1 Å². The molecule has 1 fully saturated rings. The van der Waals surface area contributed by atoms with Gasteiger partial charge in [-0.25, -0.2) is 14.6 Å². The minimum atomic E-state index is 0.243. The van der Waals surface area contributed by atoms with E-state index in [4.69, 9.17) is 17.3 Å². The summed E-state index contributed by atoms with van der Waals surface area (Å²) in [6.07, 6.45) is 3.59. The zero-order chi connectivity index (χ0) is 11.8. The minimum Gasteiger partial charge on any atom is -0.394 e. The Morgan fingerprint density at radius 2 is 2.24 bits per heavy atom. The molecule has 0 radical (unpaired) electrons. The first-order valence-corrected chi connectivity index (χ1v) is 6.17. The molecular weight excluding hydrogens is 262 g/mol. The maximum atomic E-state index is 5.82. The van der Waals surface area contributed by atoms with E-state index in [1.165, 1.54) is 18.1 Å². The van der Waals surface area contributed by atoms with Crippen molar-refractivity contribution in [3.63, 3.8) is 0 Å². The van der Waals surface area contributed by atoms with E-state index in [0.717, 1.165) is 12.8 Å². The summed E-state index contributed by atoms with van der Waals surface area (Å²) in [4.78, 5) is 7.86. The number of nitrogens with two attached hydrogens (primary N) is 1. The normalized spacial score (nSPS) is 15.1. The van der Waals surface area contributed by atoms with Crippen LogP contribution in [-0.4, -0.2) is 30.2 Å². The van der Waals surface area contributed by atoms with Crippen LogP contribution in [-0.2, 0) is 0 Å². The maximum absolute atomic E-state index is 5.82. The Labute approximate surface area is 106 Å². The van der Waals surface area contributed by atoms with Crippen molar-refractivity contribution in [2.75, 3.05) is 5.73 Å². The second-order valence-electron chi connectivity index (χ2n) is 3.62. The number of anilines is 1.